The van der Waals surface area contributed by atoms with Gasteiger partial charge in [-0.2, -0.15) is 0 Å². The fourth-order valence-corrected chi connectivity index (χ4v) is 3.05. The number of aromatic nitrogens is 1. The molecule has 0 saturated carbocycles. The van der Waals surface area contributed by atoms with Crippen LogP contribution in [0.1, 0.15) is 39.0 Å². The van der Waals surface area contributed by atoms with Crippen LogP contribution in [0.5, 0.6) is 11.5 Å². The van der Waals surface area contributed by atoms with E-state index in [2.05, 4.69) is 10.3 Å². The third kappa shape index (κ3) is 2.85. The Labute approximate surface area is 144 Å². The molecule has 0 bridgehead atoms. The lowest BCUT2D eigenvalue weighted by Crippen LogP contribution is -2.17. The average molecular weight is 349 g/mol. The van der Waals surface area contributed by atoms with Gasteiger partial charge in [0.05, 0.1) is 10.7 Å². The minimum atomic E-state index is -0.373. The summed E-state index contributed by atoms with van der Waals surface area (Å²) in [5.41, 5.74) is 2.57. The fourth-order valence-electron chi connectivity index (χ4n) is 2.85. The summed E-state index contributed by atoms with van der Waals surface area (Å²) < 4.78 is 10.9. The van der Waals surface area contributed by atoms with Gasteiger partial charge in [0.25, 0.3) is 5.91 Å². The van der Waals surface area contributed by atoms with E-state index >= 15 is 0 Å². The third-order valence-corrected chi connectivity index (χ3v) is 4.21. The van der Waals surface area contributed by atoms with Gasteiger partial charge in [0, 0.05) is 23.4 Å². The minimum absolute atomic E-state index is 0.0855. The average Bonchev–Trinajstić information content (AvgIpc) is 2.83. The van der Waals surface area contributed by atoms with Crippen LogP contribution in [0.2, 0.25) is 5.02 Å². The quantitative estimate of drug-likeness (QED) is 0.832. The number of hydrogen-bond acceptors (Lipinski definition) is 4. The van der Waals surface area contributed by atoms with Crippen LogP contribution in [0.3, 0.4) is 0 Å². The smallest absolute Gasteiger partial charge is 0.272 e. The second-order valence-corrected chi connectivity index (χ2v) is 6.02. The van der Waals surface area contributed by atoms with Gasteiger partial charge in [0.15, 0.2) is 17.3 Å². The molecule has 6 nitrogen and oxygen atoms in total. The number of aryl methyl sites for hydroxylation is 1. The van der Waals surface area contributed by atoms with Crippen molar-refractivity contribution in [3.05, 3.63) is 39.7 Å². The maximum Gasteiger partial charge on any atom is 0.272 e. The lowest BCUT2D eigenvalue weighted by Gasteiger charge is -2.20. The first kappa shape index (κ1) is 16.4. The van der Waals surface area contributed by atoms with E-state index < -0.39 is 0 Å². The molecule has 0 unspecified atom stereocenters. The number of rotatable bonds is 3. The highest BCUT2D eigenvalue weighted by molar-refractivity contribution is 6.34. The van der Waals surface area contributed by atoms with E-state index in [0.29, 0.717) is 57.9 Å². The summed E-state index contributed by atoms with van der Waals surface area (Å²) in [5.74, 6) is 0.624. The van der Waals surface area contributed by atoms with Crippen LogP contribution in [-0.2, 0) is 0 Å². The molecular formula is C17H17ClN2O4. The number of benzene rings is 1. The van der Waals surface area contributed by atoms with Gasteiger partial charge in [-0.25, -0.2) is 0 Å². The molecule has 126 valence electrons. The van der Waals surface area contributed by atoms with E-state index in [4.69, 9.17) is 21.1 Å². The van der Waals surface area contributed by atoms with Crippen LogP contribution >= 0.6 is 11.6 Å². The van der Waals surface area contributed by atoms with Crippen molar-refractivity contribution in [3.63, 3.8) is 0 Å². The van der Waals surface area contributed by atoms with E-state index in [1.807, 2.05) is 0 Å². The first-order valence-electron chi connectivity index (χ1n) is 7.49. The zero-order valence-corrected chi connectivity index (χ0v) is 14.3. The number of Topliss-reactive ketones (excluding diaryl/α,β-unsaturated/α-hetero) is 1. The van der Waals surface area contributed by atoms with Crippen molar-refractivity contribution in [1.29, 1.82) is 0 Å². The highest BCUT2D eigenvalue weighted by Gasteiger charge is 2.22. The van der Waals surface area contributed by atoms with Gasteiger partial charge in [0.2, 0.25) is 0 Å². The largest absolute Gasteiger partial charge is 0.486 e. The topological polar surface area (TPSA) is 80.4 Å². The molecule has 0 fully saturated rings. The van der Waals surface area contributed by atoms with E-state index in [9.17, 15) is 9.59 Å². The fraction of sp³-hybridized carbons (Fsp3) is 0.294. The van der Waals surface area contributed by atoms with Gasteiger partial charge in [-0.3, -0.25) is 9.59 Å². The number of fused-ring (bicyclic) bond motifs is 1. The van der Waals surface area contributed by atoms with Gasteiger partial charge in [-0.05, 0) is 26.3 Å². The van der Waals surface area contributed by atoms with Crippen molar-refractivity contribution in [2.75, 3.05) is 18.5 Å². The molecule has 1 aliphatic heterocycles. The van der Waals surface area contributed by atoms with Crippen LogP contribution < -0.4 is 14.8 Å². The second kappa shape index (κ2) is 6.20. The molecule has 2 N–H and O–H groups in total. The maximum atomic E-state index is 12.6. The van der Waals surface area contributed by atoms with E-state index in [-0.39, 0.29) is 11.7 Å². The Morgan fingerprint density at radius 1 is 1.17 bits per heavy atom. The van der Waals surface area contributed by atoms with Gasteiger partial charge in [0.1, 0.15) is 18.9 Å². The Morgan fingerprint density at radius 3 is 2.38 bits per heavy atom. The van der Waals surface area contributed by atoms with Crippen molar-refractivity contribution in [2.24, 2.45) is 0 Å². The Kier molecular flexibility index (Phi) is 4.24. The molecule has 7 heteroatoms. The molecule has 24 heavy (non-hydrogen) atoms. The Hall–Kier alpha value is -2.47. The first-order valence-corrected chi connectivity index (χ1v) is 7.87. The van der Waals surface area contributed by atoms with Crippen molar-refractivity contribution in [2.45, 2.75) is 20.8 Å². The second-order valence-electron chi connectivity index (χ2n) is 5.61. The number of H-pyrrole nitrogens is 1. The van der Waals surface area contributed by atoms with Gasteiger partial charge in [-0.15, -0.1) is 0 Å². The van der Waals surface area contributed by atoms with E-state index in [0.717, 1.165) is 0 Å². The Morgan fingerprint density at radius 2 is 1.79 bits per heavy atom. The summed E-state index contributed by atoms with van der Waals surface area (Å²) in [5, 5.41) is 3.10. The number of amides is 1. The number of carbonyl (C=O) groups excluding carboxylic acids is 2. The molecule has 1 aromatic heterocycles. The molecule has 2 heterocycles. The molecule has 0 spiro atoms. The normalized spacial score (nSPS) is 12.8. The van der Waals surface area contributed by atoms with Crippen LogP contribution in [0.15, 0.2) is 12.1 Å². The lowest BCUT2D eigenvalue weighted by molar-refractivity contribution is 0.101. The van der Waals surface area contributed by atoms with Crippen molar-refractivity contribution in [1.82, 2.24) is 4.98 Å². The standard InChI is InChI=1S/C17H17ClN2O4/c1-8-15(10(3)21)9(2)19-16(8)17(22)20-12-7-14-13(6-11(12)18)23-4-5-24-14/h6-7,19H,4-5H2,1-3H3,(H,20,22). The molecule has 2 aromatic rings. The summed E-state index contributed by atoms with van der Waals surface area (Å²) in [6.45, 7) is 5.88. The minimum Gasteiger partial charge on any atom is -0.486 e. The predicted octanol–water partition coefficient (Wildman–Crippen LogP) is 3.51. The molecule has 1 aromatic carbocycles. The van der Waals surface area contributed by atoms with Gasteiger partial charge < -0.3 is 19.8 Å². The SMILES string of the molecule is CC(=O)c1c(C)[nH]c(C(=O)Nc2cc3c(cc2Cl)OCCO3)c1C. The van der Waals surface area contributed by atoms with Crippen molar-refractivity contribution in [3.8, 4) is 11.5 Å². The summed E-state index contributed by atoms with van der Waals surface area (Å²) in [6, 6.07) is 3.24. The summed E-state index contributed by atoms with van der Waals surface area (Å²) in [4.78, 5) is 27.2. The first-order chi connectivity index (χ1) is 11.4. The molecular weight excluding hydrogens is 332 g/mol. The number of halogens is 1. The van der Waals surface area contributed by atoms with Gasteiger partial charge >= 0.3 is 0 Å². The molecule has 0 aliphatic carbocycles. The van der Waals surface area contributed by atoms with Crippen molar-refractivity contribution >= 4 is 29.0 Å². The zero-order valence-electron chi connectivity index (χ0n) is 13.6. The van der Waals surface area contributed by atoms with Crippen molar-refractivity contribution < 1.29 is 19.1 Å². The molecule has 0 radical (unpaired) electrons. The number of aromatic amines is 1. The highest BCUT2D eigenvalue weighted by atomic mass is 35.5. The number of hydrogen-bond donors (Lipinski definition) is 2. The summed E-state index contributed by atoms with van der Waals surface area (Å²) in [7, 11) is 0. The maximum absolute atomic E-state index is 12.6. The number of anilines is 1. The number of carbonyl (C=O) groups is 2. The summed E-state index contributed by atoms with van der Waals surface area (Å²) >= 11 is 6.20. The van der Waals surface area contributed by atoms with Crippen LogP contribution in [0.25, 0.3) is 0 Å². The molecule has 3 rings (SSSR count). The van der Waals surface area contributed by atoms with Gasteiger partial charge in [-0.1, -0.05) is 11.6 Å². The highest BCUT2D eigenvalue weighted by Crippen LogP contribution is 2.38. The number of ether oxygens (including phenoxy) is 2. The Bertz CT molecular complexity index is 842. The summed E-state index contributed by atoms with van der Waals surface area (Å²) in [6.07, 6.45) is 0. The third-order valence-electron chi connectivity index (χ3n) is 3.90. The lowest BCUT2D eigenvalue weighted by atomic mass is 10.1. The monoisotopic (exact) mass is 348 g/mol. The molecule has 0 atom stereocenters. The van der Waals surface area contributed by atoms with Crippen LogP contribution in [0.4, 0.5) is 5.69 Å². The molecule has 1 amide bonds. The number of nitrogens with one attached hydrogen (secondary N) is 2. The zero-order chi connectivity index (χ0) is 17.4. The molecule has 0 saturated heterocycles. The molecule has 1 aliphatic rings. The Balaban J connectivity index is 1.91. The van der Waals surface area contributed by atoms with E-state index in [1.54, 1.807) is 26.0 Å². The van der Waals surface area contributed by atoms with Crippen LogP contribution in [-0.4, -0.2) is 29.9 Å². The van der Waals surface area contributed by atoms with E-state index in [1.165, 1.54) is 6.92 Å². The predicted molar refractivity (Wildman–Crippen MR) is 90.7 cm³/mol. The van der Waals surface area contributed by atoms with Crippen LogP contribution in [0, 0.1) is 13.8 Å². The number of ketones is 1.